The van der Waals surface area contributed by atoms with Crippen LogP contribution in [0.3, 0.4) is 0 Å². The molecule has 1 aromatic carbocycles. The first-order valence-corrected chi connectivity index (χ1v) is 8.19. The molecule has 0 N–H and O–H groups in total. The van der Waals surface area contributed by atoms with Crippen LogP contribution in [0.4, 0.5) is 0 Å². The zero-order chi connectivity index (χ0) is 15.8. The maximum absolute atomic E-state index is 5.81. The van der Waals surface area contributed by atoms with Crippen LogP contribution in [0.25, 0.3) is 5.57 Å². The molecule has 1 aliphatic heterocycles. The van der Waals surface area contributed by atoms with Gasteiger partial charge < -0.3 is 14.2 Å². The number of ether oxygens (including phenoxy) is 3. The van der Waals surface area contributed by atoms with E-state index in [2.05, 4.69) is 25.6 Å². The van der Waals surface area contributed by atoms with E-state index < -0.39 is 0 Å². The quantitative estimate of drug-likeness (QED) is 0.597. The molecule has 0 spiro atoms. The second kappa shape index (κ2) is 8.35. The Morgan fingerprint density at radius 2 is 1.73 bits per heavy atom. The molecule has 1 aromatic rings. The Morgan fingerprint density at radius 3 is 2.27 bits per heavy atom. The number of hydrogen-bond donors (Lipinski definition) is 0. The third-order valence-electron chi connectivity index (χ3n) is 3.92. The van der Waals surface area contributed by atoms with E-state index in [-0.39, 0.29) is 5.60 Å². The van der Waals surface area contributed by atoms with Gasteiger partial charge in [0.05, 0.1) is 19.8 Å². The zero-order valence-electron chi connectivity index (χ0n) is 13.9. The summed E-state index contributed by atoms with van der Waals surface area (Å²) in [6.07, 6.45) is 4.57. The van der Waals surface area contributed by atoms with Crippen molar-refractivity contribution in [3.8, 4) is 5.75 Å². The molecule has 3 heteroatoms. The normalized spacial score (nSPS) is 16.1. The molecule has 0 bridgehead atoms. The van der Waals surface area contributed by atoms with Crippen molar-refractivity contribution in [1.82, 2.24) is 0 Å². The maximum atomic E-state index is 5.81. The molecule has 0 aliphatic carbocycles. The number of unbranched alkanes of at least 4 members (excludes halogenated alkanes) is 3. The lowest BCUT2D eigenvalue weighted by Crippen LogP contribution is -2.49. The van der Waals surface area contributed by atoms with Gasteiger partial charge in [0.15, 0.2) is 0 Å². The van der Waals surface area contributed by atoms with Crippen molar-refractivity contribution in [3.63, 3.8) is 0 Å². The van der Waals surface area contributed by atoms with Crippen LogP contribution >= 0.6 is 0 Å². The molecule has 0 radical (unpaired) electrons. The molecule has 0 unspecified atom stereocenters. The van der Waals surface area contributed by atoms with Crippen molar-refractivity contribution in [3.05, 3.63) is 36.4 Å². The highest BCUT2D eigenvalue weighted by Gasteiger charge is 2.33. The molecule has 0 atom stereocenters. The molecule has 2 rings (SSSR count). The van der Waals surface area contributed by atoms with E-state index in [1.165, 1.54) is 12.8 Å². The van der Waals surface area contributed by atoms with Crippen molar-refractivity contribution < 1.29 is 14.2 Å². The van der Waals surface area contributed by atoms with Crippen LogP contribution in [0.5, 0.6) is 5.75 Å². The number of benzene rings is 1. The summed E-state index contributed by atoms with van der Waals surface area (Å²) in [6.45, 7) is 11.2. The third-order valence-corrected chi connectivity index (χ3v) is 3.92. The van der Waals surface area contributed by atoms with Gasteiger partial charge in [0.1, 0.15) is 11.4 Å². The van der Waals surface area contributed by atoms with Gasteiger partial charge in [-0.3, -0.25) is 0 Å². The second-order valence-corrected chi connectivity index (χ2v) is 6.36. The Labute approximate surface area is 134 Å². The highest BCUT2D eigenvalue weighted by Crippen LogP contribution is 2.21. The fourth-order valence-electron chi connectivity index (χ4n) is 2.37. The predicted octanol–water partition coefficient (Wildman–Crippen LogP) is 4.46. The minimum Gasteiger partial charge on any atom is -0.494 e. The van der Waals surface area contributed by atoms with Crippen molar-refractivity contribution >= 4 is 5.57 Å². The largest absolute Gasteiger partial charge is 0.494 e. The van der Waals surface area contributed by atoms with Crippen LogP contribution in [0.2, 0.25) is 0 Å². The summed E-state index contributed by atoms with van der Waals surface area (Å²) in [4.78, 5) is 0. The van der Waals surface area contributed by atoms with E-state index in [4.69, 9.17) is 14.2 Å². The molecule has 1 heterocycles. The lowest BCUT2D eigenvalue weighted by molar-refractivity contribution is -0.199. The number of rotatable bonds is 10. The van der Waals surface area contributed by atoms with Crippen LogP contribution < -0.4 is 4.74 Å². The average molecular weight is 304 g/mol. The van der Waals surface area contributed by atoms with Crippen molar-refractivity contribution in [2.45, 2.75) is 45.1 Å². The van der Waals surface area contributed by atoms with Crippen LogP contribution in [-0.4, -0.2) is 32.0 Å². The molecule has 22 heavy (non-hydrogen) atoms. The Balaban J connectivity index is 1.47. The number of hydrogen-bond acceptors (Lipinski definition) is 3. The molecule has 1 fully saturated rings. The minimum absolute atomic E-state index is 0.0148. The highest BCUT2D eigenvalue weighted by molar-refractivity contribution is 5.61. The molecule has 122 valence electrons. The Bertz CT molecular complexity index is 460. The van der Waals surface area contributed by atoms with Gasteiger partial charge in [-0.1, -0.05) is 30.7 Å². The summed E-state index contributed by atoms with van der Waals surface area (Å²) < 4.78 is 16.7. The fourth-order valence-corrected chi connectivity index (χ4v) is 2.37. The van der Waals surface area contributed by atoms with Gasteiger partial charge in [-0.05, 0) is 50.8 Å². The first-order valence-electron chi connectivity index (χ1n) is 8.19. The van der Waals surface area contributed by atoms with Crippen LogP contribution in [-0.2, 0) is 9.47 Å². The molecule has 3 nitrogen and oxygen atoms in total. The molecule has 1 saturated heterocycles. The van der Waals surface area contributed by atoms with Crippen molar-refractivity contribution in [2.75, 3.05) is 26.4 Å². The van der Waals surface area contributed by atoms with E-state index >= 15 is 0 Å². The van der Waals surface area contributed by atoms with Gasteiger partial charge in [-0.25, -0.2) is 0 Å². The van der Waals surface area contributed by atoms with E-state index in [1.54, 1.807) is 0 Å². The first kappa shape index (κ1) is 17.0. The predicted molar refractivity (Wildman–Crippen MR) is 90.3 cm³/mol. The average Bonchev–Trinajstić information content (AvgIpc) is 2.48. The summed E-state index contributed by atoms with van der Waals surface area (Å²) in [5.74, 6) is 0.936. The van der Waals surface area contributed by atoms with Gasteiger partial charge in [0.2, 0.25) is 0 Å². The van der Waals surface area contributed by atoms with Gasteiger partial charge in [0, 0.05) is 6.61 Å². The summed E-state index contributed by atoms with van der Waals surface area (Å²) in [7, 11) is 0. The van der Waals surface area contributed by atoms with Gasteiger partial charge in [0.25, 0.3) is 0 Å². The van der Waals surface area contributed by atoms with Crippen molar-refractivity contribution in [2.24, 2.45) is 0 Å². The van der Waals surface area contributed by atoms with E-state index in [9.17, 15) is 0 Å². The highest BCUT2D eigenvalue weighted by atomic mass is 16.6. The standard InChI is InChI=1S/C19H28O3/c1-16(2)17-8-10-18(11-9-17)21-12-6-4-5-7-13-22-19(3)14-20-15-19/h8-11H,1,4-7,12-15H2,2-3H3. The molecule has 0 aromatic heterocycles. The number of allylic oxidation sites excluding steroid dienone is 1. The smallest absolute Gasteiger partial charge is 0.119 e. The van der Waals surface area contributed by atoms with E-state index in [0.29, 0.717) is 0 Å². The maximum Gasteiger partial charge on any atom is 0.119 e. The minimum atomic E-state index is -0.0148. The Morgan fingerprint density at radius 1 is 1.09 bits per heavy atom. The van der Waals surface area contributed by atoms with Gasteiger partial charge in [-0.2, -0.15) is 0 Å². The van der Waals surface area contributed by atoms with E-state index in [1.807, 2.05) is 19.1 Å². The van der Waals surface area contributed by atoms with Gasteiger partial charge >= 0.3 is 0 Å². The second-order valence-electron chi connectivity index (χ2n) is 6.36. The van der Waals surface area contributed by atoms with Gasteiger partial charge in [-0.15, -0.1) is 0 Å². The lowest BCUT2D eigenvalue weighted by Gasteiger charge is -2.37. The summed E-state index contributed by atoms with van der Waals surface area (Å²) in [6, 6.07) is 8.14. The van der Waals surface area contributed by atoms with Crippen LogP contribution in [0, 0.1) is 0 Å². The molecule has 0 saturated carbocycles. The topological polar surface area (TPSA) is 27.7 Å². The fraction of sp³-hybridized carbons (Fsp3) is 0.579. The summed E-state index contributed by atoms with van der Waals surface area (Å²) in [5.41, 5.74) is 2.23. The third kappa shape index (κ3) is 5.47. The summed E-state index contributed by atoms with van der Waals surface area (Å²) in [5, 5.41) is 0. The molecule has 0 amide bonds. The van der Waals surface area contributed by atoms with E-state index in [0.717, 1.165) is 56.2 Å². The zero-order valence-corrected chi connectivity index (χ0v) is 13.9. The monoisotopic (exact) mass is 304 g/mol. The van der Waals surface area contributed by atoms with Crippen LogP contribution in [0.1, 0.15) is 45.1 Å². The molecular weight excluding hydrogens is 276 g/mol. The Kier molecular flexibility index (Phi) is 6.47. The summed E-state index contributed by atoms with van der Waals surface area (Å²) >= 11 is 0. The Hall–Kier alpha value is -1.32. The SMILES string of the molecule is C=C(C)c1ccc(OCCCCCCOC2(C)COC2)cc1. The van der Waals surface area contributed by atoms with Crippen molar-refractivity contribution in [1.29, 1.82) is 0 Å². The van der Waals surface area contributed by atoms with Crippen LogP contribution in [0.15, 0.2) is 30.8 Å². The molecular formula is C19H28O3. The lowest BCUT2D eigenvalue weighted by atomic mass is 10.1. The molecule has 1 aliphatic rings. The first-order chi connectivity index (χ1) is 10.6.